The van der Waals surface area contributed by atoms with Gasteiger partial charge in [-0.3, -0.25) is 4.79 Å². The van der Waals surface area contributed by atoms with Crippen molar-refractivity contribution in [3.8, 4) is 6.07 Å². The minimum atomic E-state index is -0.434. The first-order valence-corrected chi connectivity index (χ1v) is 5.23. The molecule has 2 aromatic heterocycles. The average molecular weight is 260 g/mol. The Kier molecular flexibility index (Phi) is 3.46. The lowest BCUT2D eigenvalue weighted by atomic mass is 10.2. The Morgan fingerprint density at radius 1 is 1.28 bits per heavy atom. The van der Waals surface area contributed by atoms with E-state index in [2.05, 4.69) is 20.5 Å². The lowest BCUT2D eigenvalue weighted by Crippen LogP contribution is -2.14. The van der Waals surface area contributed by atoms with E-state index in [1.54, 1.807) is 0 Å². The summed E-state index contributed by atoms with van der Waals surface area (Å²) in [5, 5.41) is 18.6. The molecule has 0 aliphatic carbocycles. The van der Waals surface area contributed by atoms with Gasteiger partial charge in [0, 0.05) is 6.20 Å². The van der Waals surface area contributed by atoms with Gasteiger partial charge < -0.3 is 5.32 Å². The van der Waals surface area contributed by atoms with Gasteiger partial charge in [0.15, 0.2) is 11.0 Å². The molecule has 6 nitrogen and oxygen atoms in total. The second-order valence-corrected chi connectivity index (χ2v) is 3.63. The molecule has 0 spiro atoms. The van der Waals surface area contributed by atoms with Crippen molar-refractivity contribution in [3.63, 3.8) is 0 Å². The molecule has 1 N–H and O–H groups in total. The van der Waals surface area contributed by atoms with Gasteiger partial charge in [0.05, 0.1) is 5.56 Å². The van der Waals surface area contributed by atoms with Gasteiger partial charge in [-0.15, -0.1) is 10.2 Å². The number of rotatable bonds is 2. The quantitative estimate of drug-likeness (QED) is 0.885. The van der Waals surface area contributed by atoms with E-state index in [0.717, 1.165) is 0 Å². The molecular weight excluding hydrogens is 254 g/mol. The summed E-state index contributed by atoms with van der Waals surface area (Å²) in [5.41, 5.74) is 0.573. The van der Waals surface area contributed by atoms with Crippen LogP contribution in [0.15, 0.2) is 30.5 Å². The standard InChI is InChI=1S/C11H6ClN5O/c12-9-3-4-10(17-16-9)15-11(18)8-2-1-7(5-13)6-14-8/h1-4,6H,(H,15,17,18). The predicted octanol–water partition coefficient (Wildman–Crippen LogP) is 1.65. The van der Waals surface area contributed by atoms with E-state index in [9.17, 15) is 4.79 Å². The normalized spacial score (nSPS) is 9.56. The molecule has 0 unspecified atom stereocenters. The van der Waals surface area contributed by atoms with Crippen LogP contribution in [0.3, 0.4) is 0 Å². The molecule has 0 bridgehead atoms. The highest BCUT2D eigenvalue weighted by Crippen LogP contribution is 2.07. The summed E-state index contributed by atoms with van der Waals surface area (Å²) in [7, 11) is 0. The van der Waals surface area contributed by atoms with Crippen LogP contribution in [0.2, 0.25) is 5.15 Å². The van der Waals surface area contributed by atoms with Crippen LogP contribution in [0.5, 0.6) is 0 Å². The number of anilines is 1. The third kappa shape index (κ3) is 2.78. The van der Waals surface area contributed by atoms with Gasteiger partial charge in [0.25, 0.3) is 5.91 Å². The Bertz CT molecular complexity index is 603. The molecule has 0 fully saturated rings. The molecule has 7 heteroatoms. The van der Waals surface area contributed by atoms with E-state index in [1.165, 1.54) is 30.5 Å². The minimum Gasteiger partial charge on any atom is -0.304 e. The number of hydrogen-bond donors (Lipinski definition) is 1. The zero-order valence-electron chi connectivity index (χ0n) is 8.96. The molecule has 0 atom stereocenters. The number of carbonyl (C=O) groups excluding carboxylic acids is 1. The molecule has 88 valence electrons. The van der Waals surface area contributed by atoms with Crippen molar-refractivity contribution in [1.29, 1.82) is 5.26 Å². The molecule has 2 aromatic rings. The van der Waals surface area contributed by atoms with E-state index in [4.69, 9.17) is 16.9 Å². The Morgan fingerprint density at radius 3 is 2.67 bits per heavy atom. The third-order valence-corrected chi connectivity index (χ3v) is 2.20. The highest BCUT2D eigenvalue weighted by Gasteiger charge is 2.08. The molecule has 2 heterocycles. The molecule has 0 aliphatic rings. The van der Waals surface area contributed by atoms with Crippen LogP contribution in [0.4, 0.5) is 5.82 Å². The molecular formula is C11H6ClN5O. The van der Waals surface area contributed by atoms with Gasteiger partial charge in [0.1, 0.15) is 11.8 Å². The Labute approximate surface area is 107 Å². The molecule has 1 amide bonds. The first-order valence-electron chi connectivity index (χ1n) is 4.86. The molecule has 18 heavy (non-hydrogen) atoms. The molecule has 2 rings (SSSR count). The number of nitriles is 1. The summed E-state index contributed by atoms with van der Waals surface area (Å²) >= 11 is 5.57. The van der Waals surface area contributed by atoms with Gasteiger partial charge in [-0.2, -0.15) is 5.26 Å². The highest BCUT2D eigenvalue weighted by molar-refractivity contribution is 6.29. The van der Waals surface area contributed by atoms with Crippen LogP contribution in [0.25, 0.3) is 0 Å². The Morgan fingerprint density at radius 2 is 2.11 bits per heavy atom. The van der Waals surface area contributed by atoms with Crippen molar-refractivity contribution in [1.82, 2.24) is 15.2 Å². The average Bonchev–Trinajstić information content (AvgIpc) is 2.41. The third-order valence-electron chi connectivity index (χ3n) is 2.00. The molecule has 0 aromatic carbocycles. The van der Waals surface area contributed by atoms with E-state index in [1.807, 2.05) is 6.07 Å². The fraction of sp³-hybridized carbons (Fsp3) is 0. The lowest BCUT2D eigenvalue weighted by molar-refractivity contribution is 0.102. The maximum Gasteiger partial charge on any atom is 0.275 e. The number of halogens is 1. The number of amides is 1. The Hall–Kier alpha value is -2.52. The van der Waals surface area contributed by atoms with E-state index < -0.39 is 5.91 Å². The molecule has 0 saturated carbocycles. The van der Waals surface area contributed by atoms with Crippen LogP contribution in [0.1, 0.15) is 16.1 Å². The largest absolute Gasteiger partial charge is 0.304 e. The Balaban J connectivity index is 2.12. The van der Waals surface area contributed by atoms with Crippen molar-refractivity contribution < 1.29 is 4.79 Å². The van der Waals surface area contributed by atoms with Gasteiger partial charge in [0.2, 0.25) is 0 Å². The van der Waals surface area contributed by atoms with Crippen molar-refractivity contribution >= 4 is 23.3 Å². The summed E-state index contributed by atoms with van der Waals surface area (Å²) < 4.78 is 0. The number of carbonyl (C=O) groups is 1. The molecule has 0 radical (unpaired) electrons. The van der Waals surface area contributed by atoms with Crippen molar-refractivity contribution in [2.45, 2.75) is 0 Å². The van der Waals surface area contributed by atoms with Crippen LogP contribution < -0.4 is 5.32 Å². The monoisotopic (exact) mass is 259 g/mol. The van der Waals surface area contributed by atoms with Gasteiger partial charge in [-0.1, -0.05) is 11.6 Å². The van der Waals surface area contributed by atoms with Crippen LogP contribution in [-0.4, -0.2) is 21.1 Å². The van der Waals surface area contributed by atoms with E-state index in [-0.39, 0.29) is 16.7 Å². The predicted molar refractivity (Wildman–Crippen MR) is 63.9 cm³/mol. The summed E-state index contributed by atoms with van der Waals surface area (Å²) in [6, 6.07) is 7.92. The van der Waals surface area contributed by atoms with Crippen molar-refractivity contribution in [2.24, 2.45) is 0 Å². The maximum absolute atomic E-state index is 11.7. The zero-order chi connectivity index (χ0) is 13.0. The lowest BCUT2D eigenvalue weighted by Gasteiger charge is -2.02. The van der Waals surface area contributed by atoms with Crippen molar-refractivity contribution in [2.75, 3.05) is 5.32 Å². The number of nitrogens with zero attached hydrogens (tertiary/aromatic N) is 4. The van der Waals surface area contributed by atoms with E-state index >= 15 is 0 Å². The van der Waals surface area contributed by atoms with Crippen LogP contribution >= 0.6 is 11.6 Å². The first kappa shape index (κ1) is 12.0. The number of aromatic nitrogens is 3. The zero-order valence-corrected chi connectivity index (χ0v) is 9.72. The topological polar surface area (TPSA) is 91.6 Å². The highest BCUT2D eigenvalue weighted by atomic mass is 35.5. The summed E-state index contributed by atoms with van der Waals surface area (Å²) in [6.07, 6.45) is 1.32. The van der Waals surface area contributed by atoms with Crippen LogP contribution in [-0.2, 0) is 0 Å². The summed E-state index contributed by atoms with van der Waals surface area (Å²) in [6.45, 7) is 0. The molecule has 0 saturated heterocycles. The number of hydrogen-bond acceptors (Lipinski definition) is 5. The first-order chi connectivity index (χ1) is 8.69. The van der Waals surface area contributed by atoms with Crippen molar-refractivity contribution in [3.05, 3.63) is 46.9 Å². The summed E-state index contributed by atoms with van der Waals surface area (Å²) in [5.74, 6) is -0.160. The maximum atomic E-state index is 11.7. The fourth-order valence-electron chi connectivity index (χ4n) is 1.16. The second-order valence-electron chi connectivity index (χ2n) is 3.24. The van der Waals surface area contributed by atoms with Crippen LogP contribution in [0, 0.1) is 11.3 Å². The smallest absolute Gasteiger partial charge is 0.275 e. The van der Waals surface area contributed by atoms with E-state index in [0.29, 0.717) is 5.56 Å². The summed E-state index contributed by atoms with van der Waals surface area (Å²) in [4.78, 5) is 15.6. The minimum absolute atomic E-state index is 0.186. The second kappa shape index (κ2) is 5.21. The fourth-order valence-corrected chi connectivity index (χ4v) is 1.26. The number of nitrogens with one attached hydrogen (secondary N) is 1. The van der Waals surface area contributed by atoms with Gasteiger partial charge in [-0.25, -0.2) is 4.98 Å². The van der Waals surface area contributed by atoms with Gasteiger partial charge >= 0.3 is 0 Å². The number of pyridine rings is 1. The SMILES string of the molecule is N#Cc1ccc(C(=O)Nc2ccc(Cl)nn2)nc1. The molecule has 0 aliphatic heterocycles. The van der Waals surface area contributed by atoms with Gasteiger partial charge in [-0.05, 0) is 24.3 Å².